The van der Waals surface area contributed by atoms with Crippen molar-refractivity contribution in [2.45, 2.75) is 13.5 Å². The molecule has 0 bridgehead atoms. The largest absolute Gasteiger partial charge is 0.490 e. The molecular formula is C22H26N2O3. The van der Waals surface area contributed by atoms with Crippen molar-refractivity contribution < 1.29 is 14.6 Å². The molecule has 0 saturated carbocycles. The summed E-state index contributed by atoms with van der Waals surface area (Å²) in [6.07, 6.45) is 3.25. The van der Waals surface area contributed by atoms with E-state index in [1.807, 2.05) is 30.3 Å². The molecule has 1 aliphatic rings. The van der Waals surface area contributed by atoms with Crippen LogP contribution in [0.15, 0.2) is 54.6 Å². The SMILES string of the molecule is Cc1ccc(OCC=Cc2ccc(CN3CCN(C(=O)O)CC3)cc2)cc1. The second-order valence-corrected chi connectivity index (χ2v) is 6.81. The van der Waals surface area contributed by atoms with E-state index in [0.717, 1.165) is 30.9 Å². The maximum atomic E-state index is 11.0. The van der Waals surface area contributed by atoms with Crippen molar-refractivity contribution in [3.05, 3.63) is 71.3 Å². The van der Waals surface area contributed by atoms with E-state index < -0.39 is 6.09 Å². The van der Waals surface area contributed by atoms with Gasteiger partial charge in [-0.1, -0.05) is 48.0 Å². The summed E-state index contributed by atoms with van der Waals surface area (Å²) in [6, 6.07) is 16.5. The van der Waals surface area contributed by atoms with Gasteiger partial charge in [0.05, 0.1) is 0 Å². The van der Waals surface area contributed by atoms with Gasteiger partial charge < -0.3 is 14.7 Å². The third-order valence-corrected chi connectivity index (χ3v) is 4.71. The molecule has 27 heavy (non-hydrogen) atoms. The van der Waals surface area contributed by atoms with Crippen molar-refractivity contribution in [1.29, 1.82) is 0 Å². The first-order chi connectivity index (χ1) is 13.1. The minimum absolute atomic E-state index is 0.540. The number of benzene rings is 2. The monoisotopic (exact) mass is 366 g/mol. The first-order valence-corrected chi connectivity index (χ1v) is 9.25. The number of carboxylic acid groups (broad SMARTS) is 1. The molecule has 2 aromatic rings. The smallest absolute Gasteiger partial charge is 0.407 e. The van der Waals surface area contributed by atoms with E-state index in [1.165, 1.54) is 16.0 Å². The third-order valence-electron chi connectivity index (χ3n) is 4.71. The molecule has 0 aromatic heterocycles. The summed E-state index contributed by atoms with van der Waals surface area (Å²) in [6.45, 7) is 6.18. The zero-order valence-electron chi connectivity index (χ0n) is 15.7. The number of amides is 1. The molecular weight excluding hydrogens is 340 g/mol. The average Bonchev–Trinajstić information content (AvgIpc) is 2.68. The van der Waals surface area contributed by atoms with Crippen molar-refractivity contribution in [3.63, 3.8) is 0 Å². The van der Waals surface area contributed by atoms with E-state index in [-0.39, 0.29) is 0 Å². The highest BCUT2D eigenvalue weighted by atomic mass is 16.5. The highest BCUT2D eigenvalue weighted by molar-refractivity contribution is 5.65. The van der Waals surface area contributed by atoms with Gasteiger partial charge in [0.25, 0.3) is 0 Å². The Balaban J connectivity index is 1.43. The lowest BCUT2D eigenvalue weighted by atomic mass is 10.1. The average molecular weight is 366 g/mol. The van der Waals surface area contributed by atoms with Crippen LogP contribution >= 0.6 is 0 Å². The summed E-state index contributed by atoms with van der Waals surface area (Å²) in [4.78, 5) is 14.7. The molecule has 1 saturated heterocycles. The molecule has 1 aliphatic heterocycles. The van der Waals surface area contributed by atoms with Gasteiger partial charge in [0, 0.05) is 32.7 Å². The second-order valence-electron chi connectivity index (χ2n) is 6.81. The first kappa shape index (κ1) is 19.0. The van der Waals surface area contributed by atoms with Gasteiger partial charge in [0.15, 0.2) is 0 Å². The maximum Gasteiger partial charge on any atom is 0.407 e. The molecule has 0 aliphatic carbocycles. The van der Waals surface area contributed by atoms with Crippen LogP contribution in [0.25, 0.3) is 6.08 Å². The fourth-order valence-electron chi connectivity index (χ4n) is 3.05. The molecule has 0 radical (unpaired) electrons. The van der Waals surface area contributed by atoms with E-state index in [4.69, 9.17) is 9.84 Å². The minimum atomic E-state index is -0.822. The molecule has 3 rings (SSSR count). The fourth-order valence-corrected chi connectivity index (χ4v) is 3.05. The van der Waals surface area contributed by atoms with Gasteiger partial charge in [-0.25, -0.2) is 4.79 Å². The summed E-state index contributed by atoms with van der Waals surface area (Å²) < 4.78 is 5.69. The van der Waals surface area contributed by atoms with Crippen LogP contribution in [-0.4, -0.2) is 53.8 Å². The first-order valence-electron chi connectivity index (χ1n) is 9.25. The molecule has 5 nitrogen and oxygen atoms in total. The number of carbonyl (C=O) groups is 1. The van der Waals surface area contributed by atoms with Crippen LogP contribution in [0.5, 0.6) is 5.75 Å². The van der Waals surface area contributed by atoms with Gasteiger partial charge in [0.1, 0.15) is 12.4 Å². The Morgan fingerprint density at radius 3 is 2.33 bits per heavy atom. The van der Waals surface area contributed by atoms with Gasteiger partial charge in [0.2, 0.25) is 0 Å². The standard InChI is InChI=1S/C22H26N2O3/c1-18-4-10-21(11-5-18)27-16-2-3-19-6-8-20(9-7-19)17-23-12-14-24(15-13-23)22(25)26/h2-11H,12-17H2,1H3,(H,25,26). The zero-order valence-corrected chi connectivity index (χ0v) is 15.7. The van der Waals surface area contributed by atoms with E-state index in [0.29, 0.717) is 19.7 Å². The predicted molar refractivity (Wildman–Crippen MR) is 107 cm³/mol. The van der Waals surface area contributed by atoms with Crippen molar-refractivity contribution in [1.82, 2.24) is 9.80 Å². The van der Waals surface area contributed by atoms with Crippen LogP contribution in [-0.2, 0) is 6.54 Å². The lowest BCUT2D eigenvalue weighted by Crippen LogP contribution is -2.47. The lowest BCUT2D eigenvalue weighted by molar-refractivity contribution is 0.103. The number of rotatable bonds is 6. The quantitative estimate of drug-likeness (QED) is 0.843. The van der Waals surface area contributed by atoms with Crippen LogP contribution in [0.3, 0.4) is 0 Å². The third kappa shape index (κ3) is 5.86. The Labute approximate surface area is 160 Å². The van der Waals surface area contributed by atoms with Crippen molar-refractivity contribution in [2.24, 2.45) is 0 Å². The topological polar surface area (TPSA) is 53.0 Å². The summed E-state index contributed by atoms with van der Waals surface area (Å²) >= 11 is 0. The van der Waals surface area contributed by atoms with Crippen molar-refractivity contribution >= 4 is 12.2 Å². The second kappa shape index (κ2) is 9.24. The van der Waals surface area contributed by atoms with Gasteiger partial charge in [-0.15, -0.1) is 0 Å². The van der Waals surface area contributed by atoms with Crippen LogP contribution in [0.2, 0.25) is 0 Å². The molecule has 0 spiro atoms. The predicted octanol–water partition coefficient (Wildman–Crippen LogP) is 3.88. The number of hydrogen-bond donors (Lipinski definition) is 1. The van der Waals surface area contributed by atoms with E-state index in [9.17, 15) is 4.79 Å². The molecule has 142 valence electrons. The Hall–Kier alpha value is -2.79. The zero-order chi connectivity index (χ0) is 19.1. The fraction of sp³-hybridized carbons (Fsp3) is 0.318. The van der Waals surface area contributed by atoms with Crippen LogP contribution < -0.4 is 4.74 Å². The molecule has 1 heterocycles. The Morgan fingerprint density at radius 2 is 1.70 bits per heavy atom. The number of hydrogen-bond acceptors (Lipinski definition) is 3. The van der Waals surface area contributed by atoms with Gasteiger partial charge >= 0.3 is 6.09 Å². The van der Waals surface area contributed by atoms with E-state index in [1.54, 1.807) is 0 Å². The normalized spacial score (nSPS) is 15.2. The molecule has 5 heteroatoms. The summed E-state index contributed by atoms with van der Waals surface area (Å²) in [7, 11) is 0. The minimum Gasteiger partial charge on any atom is -0.490 e. The van der Waals surface area contributed by atoms with Gasteiger partial charge in [-0.05, 0) is 36.3 Å². The summed E-state index contributed by atoms with van der Waals surface area (Å²) in [5.41, 5.74) is 3.61. The maximum absolute atomic E-state index is 11.0. The van der Waals surface area contributed by atoms with Gasteiger partial charge in [-0.3, -0.25) is 4.90 Å². The number of aryl methyl sites for hydroxylation is 1. The Morgan fingerprint density at radius 1 is 1.04 bits per heavy atom. The molecule has 0 unspecified atom stereocenters. The van der Waals surface area contributed by atoms with Gasteiger partial charge in [-0.2, -0.15) is 0 Å². The number of nitrogens with zero attached hydrogens (tertiary/aromatic N) is 2. The van der Waals surface area contributed by atoms with Crippen LogP contribution in [0, 0.1) is 6.92 Å². The Kier molecular flexibility index (Phi) is 6.49. The molecule has 2 aromatic carbocycles. The summed E-state index contributed by atoms with van der Waals surface area (Å²) in [5.74, 6) is 0.878. The van der Waals surface area contributed by atoms with E-state index in [2.05, 4.69) is 42.2 Å². The van der Waals surface area contributed by atoms with Crippen LogP contribution in [0.1, 0.15) is 16.7 Å². The number of ether oxygens (including phenoxy) is 1. The Bertz CT molecular complexity index is 761. The highest BCUT2D eigenvalue weighted by Gasteiger charge is 2.20. The molecule has 1 fully saturated rings. The molecule has 0 atom stereocenters. The highest BCUT2D eigenvalue weighted by Crippen LogP contribution is 2.13. The number of piperazine rings is 1. The molecule has 1 amide bonds. The lowest BCUT2D eigenvalue weighted by Gasteiger charge is -2.33. The van der Waals surface area contributed by atoms with Crippen molar-refractivity contribution in [2.75, 3.05) is 32.8 Å². The summed E-state index contributed by atoms with van der Waals surface area (Å²) in [5, 5.41) is 9.00. The van der Waals surface area contributed by atoms with Crippen LogP contribution in [0.4, 0.5) is 4.79 Å². The molecule has 1 N–H and O–H groups in total. The van der Waals surface area contributed by atoms with Crippen molar-refractivity contribution in [3.8, 4) is 5.75 Å². The van der Waals surface area contributed by atoms with E-state index >= 15 is 0 Å².